The van der Waals surface area contributed by atoms with Gasteiger partial charge in [0.2, 0.25) is 0 Å². The summed E-state index contributed by atoms with van der Waals surface area (Å²) in [6, 6.07) is 15.9. The fraction of sp³-hybridized carbons (Fsp3) is 0.250. The van der Waals surface area contributed by atoms with Crippen LogP contribution in [-0.2, 0) is 5.41 Å². The first-order chi connectivity index (χ1) is 10.9. The fourth-order valence-electron chi connectivity index (χ4n) is 2.64. The van der Waals surface area contributed by atoms with Crippen molar-refractivity contribution in [2.75, 3.05) is 0 Å². The van der Waals surface area contributed by atoms with Gasteiger partial charge in [-0.1, -0.05) is 61.8 Å². The topological polar surface area (TPSA) is 45.7 Å². The Morgan fingerprint density at radius 1 is 0.957 bits per heavy atom. The van der Waals surface area contributed by atoms with E-state index in [2.05, 4.69) is 38.1 Å². The summed E-state index contributed by atoms with van der Waals surface area (Å²) in [7, 11) is 0. The van der Waals surface area contributed by atoms with E-state index in [0.29, 0.717) is 16.7 Å². The van der Waals surface area contributed by atoms with Crippen molar-refractivity contribution in [3.8, 4) is 11.3 Å². The molecule has 3 nitrogen and oxygen atoms in total. The second-order valence-electron chi connectivity index (χ2n) is 6.92. The summed E-state index contributed by atoms with van der Waals surface area (Å²) in [5, 5.41) is 14.1. The van der Waals surface area contributed by atoms with Crippen LogP contribution < -0.4 is 5.36 Å². The van der Waals surface area contributed by atoms with E-state index >= 15 is 0 Å². The van der Waals surface area contributed by atoms with E-state index in [4.69, 9.17) is 4.42 Å². The van der Waals surface area contributed by atoms with Gasteiger partial charge in [-0.15, -0.1) is 0 Å². The van der Waals surface area contributed by atoms with Gasteiger partial charge >= 0.3 is 0 Å². The third-order valence-corrected chi connectivity index (χ3v) is 4.04. The van der Waals surface area contributed by atoms with E-state index in [1.807, 2.05) is 37.3 Å². The summed E-state index contributed by atoms with van der Waals surface area (Å²) in [6.07, 6.45) is 0. The van der Waals surface area contributed by atoms with Crippen LogP contribution >= 0.6 is 0 Å². The first kappa shape index (κ1) is 15.3. The molecule has 3 rings (SSSR count). The smallest absolute Gasteiger partial charge is 0.137 e. The molecular formula is C20H21NO2. The molecule has 0 amide bonds. The number of benzene rings is 2. The molecule has 3 heteroatoms. The Kier molecular flexibility index (Phi) is 3.72. The van der Waals surface area contributed by atoms with Crippen molar-refractivity contribution in [2.24, 2.45) is 5.16 Å². The second kappa shape index (κ2) is 5.58. The van der Waals surface area contributed by atoms with Crippen LogP contribution in [0.25, 0.3) is 22.3 Å². The average Bonchev–Trinajstić information content (AvgIpc) is 2.53. The number of rotatable bonds is 1. The lowest BCUT2D eigenvalue weighted by atomic mass is 9.86. The monoisotopic (exact) mass is 307 g/mol. The van der Waals surface area contributed by atoms with Gasteiger partial charge in [-0.3, -0.25) is 0 Å². The van der Waals surface area contributed by atoms with Crippen molar-refractivity contribution in [3.63, 3.8) is 0 Å². The van der Waals surface area contributed by atoms with Gasteiger partial charge in [0.25, 0.3) is 0 Å². The Hall–Kier alpha value is -2.55. The van der Waals surface area contributed by atoms with Gasteiger partial charge in [0.1, 0.15) is 16.7 Å². The molecule has 1 heterocycles. The minimum absolute atomic E-state index is 0.113. The molecule has 0 unspecified atom stereocenters. The predicted octanol–water partition coefficient (Wildman–Crippen LogP) is 5.00. The highest BCUT2D eigenvalue weighted by atomic mass is 16.4. The van der Waals surface area contributed by atoms with Crippen molar-refractivity contribution in [1.29, 1.82) is 0 Å². The lowest BCUT2D eigenvalue weighted by molar-refractivity contribution is 0.302. The quantitative estimate of drug-likeness (QED) is 0.508. The molecule has 0 bridgehead atoms. The van der Waals surface area contributed by atoms with Gasteiger partial charge in [0, 0.05) is 17.0 Å². The van der Waals surface area contributed by atoms with E-state index in [-0.39, 0.29) is 5.41 Å². The zero-order chi connectivity index (χ0) is 16.6. The maximum atomic E-state index is 9.33. The predicted molar refractivity (Wildman–Crippen MR) is 92.4 cm³/mol. The van der Waals surface area contributed by atoms with Crippen LogP contribution in [0.3, 0.4) is 0 Å². The van der Waals surface area contributed by atoms with Crippen LogP contribution in [0.15, 0.2) is 58.1 Å². The van der Waals surface area contributed by atoms with Crippen LogP contribution in [0.1, 0.15) is 31.9 Å². The van der Waals surface area contributed by atoms with E-state index in [9.17, 15) is 5.21 Å². The molecule has 0 spiro atoms. The van der Waals surface area contributed by atoms with Gasteiger partial charge in [0.15, 0.2) is 0 Å². The lowest BCUT2D eigenvalue weighted by Gasteiger charge is -2.19. The Bertz CT molecular complexity index is 913. The zero-order valence-corrected chi connectivity index (χ0v) is 13.9. The van der Waals surface area contributed by atoms with Crippen molar-refractivity contribution in [3.05, 3.63) is 65.0 Å². The third kappa shape index (κ3) is 3.00. The average molecular weight is 307 g/mol. The van der Waals surface area contributed by atoms with Crippen molar-refractivity contribution in [2.45, 2.75) is 33.1 Å². The number of fused-ring (bicyclic) bond motifs is 1. The Labute approximate surface area is 135 Å². The number of hydrogen-bond acceptors (Lipinski definition) is 3. The van der Waals surface area contributed by atoms with Crippen LogP contribution in [-0.4, -0.2) is 5.21 Å². The molecule has 0 radical (unpaired) electrons. The Morgan fingerprint density at radius 2 is 1.65 bits per heavy atom. The number of hydrogen-bond donors (Lipinski definition) is 1. The summed E-state index contributed by atoms with van der Waals surface area (Å²) in [6.45, 7) is 8.56. The van der Waals surface area contributed by atoms with Crippen LogP contribution in [0.5, 0.6) is 0 Å². The zero-order valence-electron chi connectivity index (χ0n) is 13.9. The van der Waals surface area contributed by atoms with Crippen molar-refractivity contribution < 1.29 is 9.62 Å². The van der Waals surface area contributed by atoms with E-state index in [1.54, 1.807) is 6.07 Å². The van der Waals surface area contributed by atoms with Crippen LogP contribution in [0.2, 0.25) is 0 Å². The minimum atomic E-state index is 0.113. The molecule has 23 heavy (non-hydrogen) atoms. The molecule has 0 aliphatic carbocycles. The van der Waals surface area contributed by atoms with Gasteiger partial charge in [-0.25, -0.2) is 0 Å². The number of aryl methyl sites for hydroxylation is 1. The molecule has 1 N–H and O–H groups in total. The summed E-state index contributed by atoms with van der Waals surface area (Å²) >= 11 is 0. The molecule has 0 atom stereocenters. The Balaban J connectivity index is 2.15. The molecule has 0 saturated heterocycles. The number of nitrogens with zero attached hydrogens (tertiary/aromatic N) is 1. The maximum Gasteiger partial charge on any atom is 0.137 e. The highest BCUT2D eigenvalue weighted by Crippen LogP contribution is 2.27. The first-order valence-electron chi connectivity index (χ1n) is 7.72. The largest absolute Gasteiger partial charge is 0.456 e. The molecule has 0 fully saturated rings. The summed E-state index contributed by atoms with van der Waals surface area (Å²) < 4.78 is 6.00. The molecular weight excluding hydrogens is 286 g/mol. The van der Waals surface area contributed by atoms with Crippen LogP contribution in [0.4, 0.5) is 0 Å². The van der Waals surface area contributed by atoms with Gasteiger partial charge in [0.05, 0.1) is 0 Å². The fourth-order valence-corrected chi connectivity index (χ4v) is 2.64. The summed E-state index contributed by atoms with van der Waals surface area (Å²) in [4.78, 5) is 0. The molecule has 2 aromatic carbocycles. The second-order valence-corrected chi connectivity index (χ2v) is 6.92. The highest BCUT2D eigenvalue weighted by Gasteiger charge is 2.14. The van der Waals surface area contributed by atoms with Gasteiger partial charge in [-0.05, 0) is 30.0 Å². The summed E-state index contributed by atoms with van der Waals surface area (Å²) in [5.41, 5.74) is 4.15. The van der Waals surface area contributed by atoms with E-state index < -0.39 is 0 Å². The van der Waals surface area contributed by atoms with Crippen LogP contribution in [0, 0.1) is 6.92 Å². The molecule has 0 saturated carbocycles. The molecule has 1 aromatic heterocycles. The standard InChI is InChI=1S/C20H21NO2/c1-13-5-10-18-16(11-13)17(21-22)12-19(23-18)14-6-8-15(9-7-14)20(2,3)4/h5-12,22H,1-4H3. The highest BCUT2D eigenvalue weighted by molar-refractivity contribution is 5.79. The third-order valence-electron chi connectivity index (χ3n) is 4.04. The van der Waals surface area contributed by atoms with Crippen molar-refractivity contribution >= 4 is 11.0 Å². The SMILES string of the molecule is Cc1ccc2oc(-c3ccc(C(C)(C)C)cc3)cc(=NO)c2c1. The van der Waals surface area contributed by atoms with Crippen molar-refractivity contribution in [1.82, 2.24) is 0 Å². The summed E-state index contributed by atoms with van der Waals surface area (Å²) in [5.74, 6) is 0.689. The maximum absolute atomic E-state index is 9.33. The van der Waals surface area contributed by atoms with E-state index in [0.717, 1.165) is 16.5 Å². The molecule has 3 aromatic rings. The van der Waals surface area contributed by atoms with Gasteiger partial charge in [-0.2, -0.15) is 0 Å². The Morgan fingerprint density at radius 3 is 2.26 bits per heavy atom. The minimum Gasteiger partial charge on any atom is -0.456 e. The normalized spacial score (nSPS) is 12.8. The molecule has 0 aliphatic rings. The van der Waals surface area contributed by atoms with E-state index in [1.165, 1.54) is 5.56 Å². The first-order valence-corrected chi connectivity index (χ1v) is 7.72. The lowest BCUT2D eigenvalue weighted by Crippen LogP contribution is -2.10. The molecule has 118 valence electrons. The van der Waals surface area contributed by atoms with Gasteiger partial charge < -0.3 is 9.62 Å². The molecule has 0 aliphatic heterocycles.